The Kier molecular flexibility index (Phi) is 5.80. The van der Waals surface area contributed by atoms with Crippen molar-refractivity contribution < 1.29 is 22.8 Å². The molecule has 5 rings (SSSR count). The van der Waals surface area contributed by atoms with Gasteiger partial charge in [0.25, 0.3) is 0 Å². The predicted octanol–water partition coefficient (Wildman–Crippen LogP) is 4.54. The Balaban J connectivity index is 1.46. The zero-order valence-corrected chi connectivity index (χ0v) is 18.6. The molecule has 1 fully saturated rings. The van der Waals surface area contributed by atoms with Crippen molar-refractivity contribution in [2.45, 2.75) is 42.6 Å². The number of carbonyl (C=O) groups is 2. The Bertz CT molecular complexity index is 1230. The van der Waals surface area contributed by atoms with Crippen molar-refractivity contribution in [2.24, 2.45) is 0 Å². The number of nitrogens with zero attached hydrogens (tertiary/aromatic N) is 4. The highest BCUT2D eigenvalue weighted by Crippen LogP contribution is 2.42. The number of halogens is 3. The lowest BCUT2D eigenvalue weighted by Crippen LogP contribution is -2.50. The predicted molar refractivity (Wildman–Crippen MR) is 121 cm³/mol. The standard InChI is InChI=1S/C23H20F3N5O2S/c24-23(25,26)18-12-19(32)27-16-8-4-5-9-17(16)31(18)20(33)13-34-22-29-28-21(14-10-11-14)30(22)15-6-2-1-3-7-15/h1-9,14,18H,10-13H2,(H,27,32). The van der Waals surface area contributed by atoms with E-state index in [2.05, 4.69) is 15.5 Å². The van der Waals surface area contributed by atoms with Crippen LogP contribution in [-0.2, 0) is 9.59 Å². The minimum absolute atomic E-state index is 0.0180. The Morgan fingerprint density at radius 2 is 1.76 bits per heavy atom. The fraction of sp³-hybridized carbons (Fsp3) is 0.304. The second-order valence-corrected chi connectivity index (χ2v) is 9.11. The number of para-hydroxylation sites is 3. The highest BCUT2D eigenvalue weighted by Gasteiger charge is 2.49. The number of aromatic nitrogens is 3. The Labute approximate surface area is 197 Å². The molecule has 1 aromatic heterocycles. The van der Waals surface area contributed by atoms with Gasteiger partial charge in [-0.15, -0.1) is 10.2 Å². The number of hydrogen-bond donors (Lipinski definition) is 1. The first-order chi connectivity index (χ1) is 16.3. The number of carbonyl (C=O) groups excluding carboxylic acids is 2. The van der Waals surface area contributed by atoms with Crippen LogP contribution in [0, 0.1) is 0 Å². The molecule has 2 amide bonds. The molecule has 176 valence electrons. The number of hydrogen-bond acceptors (Lipinski definition) is 5. The molecule has 1 unspecified atom stereocenters. The van der Waals surface area contributed by atoms with Crippen LogP contribution in [-0.4, -0.2) is 44.5 Å². The van der Waals surface area contributed by atoms with Gasteiger partial charge in [0.2, 0.25) is 11.8 Å². The van der Waals surface area contributed by atoms with Gasteiger partial charge >= 0.3 is 6.18 Å². The summed E-state index contributed by atoms with van der Waals surface area (Å²) in [4.78, 5) is 26.1. The van der Waals surface area contributed by atoms with E-state index in [-0.39, 0.29) is 23.0 Å². The summed E-state index contributed by atoms with van der Waals surface area (Å²) < 4.78 is 43.7. The quantitative estimate of drug-likeness (QED) is 0.535. The second-order valence-electron chi connectivity index (χ2n) is 8.17. The third-order valence-electron chi connectivity index (χ3n) is 5.71. The van der Waals surface area contributed by atoms with E-state index in [4.69, 9.17) is 0 Å². The Morgan fingerprint density at radius 3 is 2.47 bits per heavy atom. The SMILES string of the molecule is O=C1CC(C(F)(F)F)N(C(=O)CSc2nnc(C3CC3)n2-c2ccccc2)c2ccccc2N1. The zero-order valence-electron chi connectivity index (χ0n) is 17.8. The molecule has 3 aromatic rings. The van der Waals surface area contributed by atoms with Crippen LogP contribution in [0.5, 0.6) is 0 Å². The first-order valence-electron chi connectivity index (χ1n) is 10.7. The van der Waals surface area contributed by atoms with Crippen molar-refractivity contribution >= 4 is 35.0 Å². The van der Waals surface area contributed by atoms with Crippen molar-refractivity contribution in [3.8, 4) is 5.69 Å². The molecule has 2 aliphatic rings. The molecular formula is C23H20F3N5O2S. The van der Waals surface area contributed by atoms with E-state index >= 15 is 0 Å². The fourth-order valence-corrected chi connectivity index (χ4v) is 4.81. The summed E-state index contributed by atoms with van der Waals surface area (Å²) in [7, 11) is 0. The van der Waals surface area contributed by atoms with Gasteiger partial charge in [0, 0.05) is 11.6 Å². The number of amides is 2. The second kappa shape index (κ2) is 8.79. The lowest BCUT2D eigenvalue weighted by molar-refractivity contribution is -0.157. The van der Waals surface area contributed by atoms with Crippen LogP contribution in [0.25, 0.3) is 5.69 Å². The monoisotopic (exact) mass is 487 g/mol. The summed E-state index contributed by atoms with van der Waals surface area (Å²) in [6.45, 7) is 0. The minimum atomic E-state index is -4.78. The minimum Gasteiger partial charge on any atom is -0.324 e. The van der Waals surface area contributed by atoms with Crippen LogP contribution in [0.1, 0.15) is 31.0 Å². The van der Waals surface area contributed by atoms with Crippen LogP contribution in [0.15, 0.2) is 59.8 Å². The molecule has 0 radical (unpaired) electrons. The lowest BCUT2D eigenvalue weighted by atomic mass is 10.1. The summed E-state index contributed by atoms with van der Waals surface area (Å²) in [6, 6.07) is 13.1. The number of anilines is 2. The summed E-state index contributed by atoms with van der Waals surface area (Å²) in [6.07, 6.45) is -3.67. The average molecular weight is 488 g/mol. The number of alkyl halides is 3. The van der Waals surface area contributed by atoms with Gasteiger partial charge in [0.1, 0.15) is 11.9 Å². The number of fused-ring (bicyclic) bond motifs is 1. The number of thioether (sulfide) groups is 1. The summed E-state index contributed by atoms with van der Waals surface area (Å²) in [5.41, 5.74) is 1.01. The molecule has 2 aromatic carbocycles. The summed E-state index contributed by atoms with van der Waals surface area (Å²) in [5, 5.41) is 11.4. The van der Waals surface area contributed by atoms with Crippen molar-refractivity contribution in [3.05, 3.63) is 60.4 Å². The van der Waals surface area contributed by atoms with Gasteiger partial charge in [-0.1, -0.05) is 42.1 Å². The molecule has 7 nitrogen and oxygen atoms in total. The summed E-state index contributed by atoms with van der Waals surface area (Å²) >= 11 is 1.03. The first-order valence-corrected chi connectivity index (χ1v) is 11.7. The highest BCUT2D eigenvalue weighted by atomic mass is 32.2. The highest BCUT2D eigenvalue weighted by molar-refractivity contribution is 7.99. The molecule has 34 heavy (non-hydrogen) atoms. The molecule has 1 aliphatic heterocycles. The van der Waals surface area contributed by atoms with E-state index in [1.165, 1.54) is 18.2 Å². The van der Waals surface area contributed by atoms with Crippen molar-refractivity contribution in [1.82, 2.24) is 14.8 Å². The average Bonchev–Trinajstić information content (AvgIpc) is 3.59. The van der Waals surface area contributed by atoms with Gasteiger partial charge in [-0.05, 0) is 37.1 Å². The van der Waals surface area contributed by atoms with Gasteiger partial charge in [0.05, 0.1) is 23.5 Å². The van der Waals surface area contributed by atoms with Gasteiger partial charge in [-0.3, -0.25) is 19.1 Å². The molecule has 0 bridgehead atoms. The summed E-state index contributed by atoms with van der Waals surface area (Å²) in [5.74, 6) is -0.807. The van der Waals surface area contributed by atoms with E-state index < -0.39 is 30.5 Å². The van der Waals surface area contributed by atoms with E-state index in [9.17, 15) is 22.8 Å². The molecule has 11 heteroatoms. The maximum Gasteiger partial charge on any atom is 0.409 e. The van der Waals surface area contributed by atoms with Crippen molar-refractivity contribution in [2.75, 3.05) is 16.0 Å². The number of benzene rings is 2. The van der Waals surface area contributed by atoms with Gasteiger partial charge < -0.3 is 5.32 Å². The zero-order chi connectivity index (χ0) is 23.9. The molecule has 1 aliphatic carbocycles. The van der Waals surface area contributed by atoms with E-state index in [1.807, 2.05) is 34.9 Å². The molecule has 1 atom stereocenters. The molecule has 0 saturated heterocycles. The third-order valence-corrected chi connectivity index (χ3v) is 6.63. The topological polar surface area (TPSA) is 80.1 Å². The van der Waals surface area contributed by atoms with Gasteiger partial charge in [0.15, 0.2) is 5.16 Å². The van der Waals surface area contributed by atoms with Crippen LogP contribution in [0.2, 0.25) is 0 Å². The van der Waals surface area contributed by atoms with Crippen LogP contribution < -0.4 is 10.2 Å². The fourth-order valence-electron chi connectivity index (χ4n) is 3.99. The van der Waals surface area contributed by atoms with E-state index in [0.717, 1.165) is 36.1 Å². The maximum atomic E-state index is 13.9. The molecule has 1 N–H and O–H groups in total. The lowest BCUT2D eigenvalue weighted by Gasteiger charge is -2.31. The molecular weight excluding hydrogens is 467 g/mol. The van der Waals surface area contributed by atoms with Crippen LogP contribution in [0.3, 0.4) is 0 Å². The van der Waals surface area contributed by atoms with Gasteiger partial charge in [-0.25, -0.2) is 0 Å². The Hall–Kier alpha value is -3.34. The number of nitrogens with one attached hydrogen (secondary N) is 1. The van der Waals surface area contributed by atoms with E-state index in [1.54, 1.807) is 6.07 Å². The number of rotatable bonds is 5. The molecule has 2 heterocycles. The van der Waals surface area contributed by atoms with Gasteiger partial charge in [-0.2, -0.15) is 13.2 Å². The maximum absolute atomic E-state index is 13.9. The van der Waals surface area contributed by atoms with Crippen molar-refractivity contribution in [3.63, 3.8) is 0 Å². The Morgan fingerprint density at radius 1 is 1.06 bits per heavy atom. The third kappa shape index (κ3) is 4.39. The first kappa shape index (κ1) is 22.5. The van der Waals surface area contributed by atoms with Crippen LogP contribution in [0.4, 0.5) is 24.5 Å². The molecule has 0 spiro atoms. The van der Waals surface area contributed by atoms with Crippen LogP contribution >= 0.6 is 11.8 Å². The van der Waals surface area contributed by atoms with E-state index in [0.29, 0.717) is 10.1 Å². The van der Waals surface area contributed by atoms with Crippen molar-refractivity contribution in [1.29, 1.82) is 0 Å². The molecule has 1 saturated carbocycles. The largest absolute Gasteiger partial charge is 0.409 e. The normalized spacial score (nSPS) is 18.3. The smallest absolute Gasteiger partial charge is 0.324 e.